The second-order valence-electron chi connectivity index (χ2n) is 5.98. The fraction of sp³-hybridized carbons (Fsp3) is 0.222. The summed E-state index contributed by atoms with van der Waals surface area (Å²) < 4.78 is 2.78. The summed E-state index contributed by atoms with van der Waals surface area (Å²) in [6.07, 6.45) is 1.25. The lowest BCUT2D eigenvalue weighted by Gasteiger charge is -2.04. The van der Waals surface area contributed by atoms with Crippen molar-refractivity contribution in [3.63, 3.8) is 0 Å². The Hall–Kier alpha value is -3.42. The molecule has 1 aromatic carbocycles. The molecule has 0 amide bonds. The Morgan fingerprint density at radius 1 is 1.23 bits per heavy atom. The van der Waals surface area contributed by atoms with Crippen LogP contribution >= 0.6 is 0 Å². The highest BCUT2D eigenvalue weighted by molar-refractivity contribution is 5.84. The van der Waals surface area contributed by atoms with Gasteiger partial charge in [-0.1, -0.05) is 30.3 Å². The molecule has 2 heterocycles. The number of H-pyrrole nitrogens is 1. The highest BCUT2D eigenvalue weighted by Crippen LogP contribution is 2.24. The summed E-state index contributed by atoms with van der Waals surface area (Å²) in [7, 11) is 1.36. The molecule has 0 saturated heterocycles. The van der Waals surface area contributed by atoms with Crippen LogP contribution in [-0.4, -0.2) is 30.7 Å². The Kier molecular flexibility index (Phi) is 4.57. The van der Waals surface area contributed by atoms with Crippen molar-refractivity contribution in [2.45, 2.75) is 20.4 Å². The van der Waals surface area contributed by atoms with Crippen molar-refractivity contribution in [1.29, 1.82) is 0 Å². The minimum atomic E-state index is -0.693. The number of nitrogens with zero attached hydrogens (tertiary/aromatic N) is 4. The number of aromatic hydroxyl groups is 1. The van der Waals surface area contributed by atoms with E-state index < -0.39 is 17.1 Å². The van der Waals surface area contributed by atoms with Gasteiger partial charge in [0.2, 0.25) is 5.88 Å². The molecular formula is C18H19N5O3. The summed E-state index contributed by atoms with van der Waals surface area (Å²) in [6.45, 7) is 4.32. The fourth-order valence-corrected chi connectivity index (χ4v) is 2.66. The van der Waals surface area contributed by atoms with Crippen molar-refractivity contribution in [1.82, 2.24) is 19.3 Å². The van der Waals surface area contributed by atoms with Crippen LogP contribution in [-0.2, 0) is 13.6 Å². The molecule has 0 aliphatic carbocycles. The first-order valence-corrected chi connectivity index (χ1v) is 8.02. The van der Waals surface area contributed by atoms with Crippen LogP contribution in [0.2, 0.25) is 0 Å². The Labute approximate surface area is 149 Å². The van der Waals surface area contributed by atoms with Crippen molar-refractivity contribution in [2.24, 2.45) is 12.0 Å². The molecule has 0 unspecified atom stereocenters. The third kappa shape index (κ3) is 3.21. The van der Waals surface area contributed by atoms with E-state index >= 15 is 0 Å². The zero-order valence-electron chi connectivity index (χ0n) is 14.7. The van der Waals surface area contributed by atoms with Crippen LogP contribution in [0, 0.1) is 13.8 Å². The molecule has 8 heteroatoms. The zero-order chi connectivity index (χ0) is 18.8. The molecule has 3 rings (SSSR count). The first-order valence-electron chi connectivity index (χ1n) is 8.02. The Morgan fingerprint density at radius 3 is 2.62 bits per heavy atom. The topological polar surface area (TPSA) is 105 Å². The first kappa shape index (κ1) is 17.4. The van der Waals surface area contributed by atoms with Gasteiger partial charge in [-0.05, 0) is 19.4 Å². The maximum atomic E-state index is 11.9. The molecule has 0 bridgehead atoms. The van der Waals surface area contributed by atoms with Crippen molar-refractivity contribution in [2.75, 3.05) is 0 Å². The second-order valence-corrected chi connectivity index (χ2v) is 5.98. The van der Waals surface area contributed by atoms with Gasteiger partial charge in [0, 0.05) is 13.3 Å². The van der Waals surface area contributed by atoms with Gasteiger partial charge >= 0.3 is 5.69 Å². The van der Waals surface area contributed by atoms with Gasteiger partial charge in [0.15, 0.2) is 0 Å². The molecule has 134 valence electrons. The van der Waals surface area contributed by atoms with E-state index in [2.05, 4.69) is 15.1 Å². The number of aromatic nitrogens is 4. The van der Waals surface area contributed by atoms with Crippen LogP contribution in [0.3, 0.4) is 0 Å². The third-order valence-corrected chi connectivity index (χ3v) is 4.17. The van der Waals surface area contributed by atoms with E-state index in [0.29, 0.717) is 17.9 Å². The van der Waals surface area contributed by atoms with Crippen LogP contribution in [0.5, 0.6) is 5.88 Å². The van der Waals surface area contributed by atoms with E-state index in [-0.39, 0.29) is 5.56 Å². The molecule has 2 N–H and O–H groups in total. The average molecular weight is 353 g/mol. The van der Waals surface area contributed by atoms with Gasteiger partial charge in [-0.3, -0.25) is 24.0 Å². The maximum Gasteiger partial charge on any atom is 0.330 e. The summed E-state index contributed by atoms with van der Waals surface area (Å²) in [5.74, 6) is -0.436. The molecule has 2 aromatic heterocycles. The summed E-state index contributed by atoms with van der Waals surface area (Å²) >= 11 is 0. The zero-order valence-corrected chi connectivity index (χ0v) is 14.7. The summed E-state index contributed by atoms with van der Waals surface area (Å²) in [4.78, 5) is 29.8. The Bertz CT molecular complexity index is 1090. The van der Waals surface area contributed by atoms with Crippen LogP contribution < -0.4 is 11.2 Å². The number of benzene rings is 1. The minimum absolute atomic E-state index is 0.0818. The highest BCUT2D eigenvalue weighted by Gasteiger charge is 2.13. The van der Waals surface area contributed by atoms with Gasteiger partial charge in [-0.25, -0.2) is 4.79 Å². The lowest BCUT2D eigenvalue weighted by molar-refractivity contribution is 0.417. The van der Waals surface area contributed by atoms with Crippen LogP contribution in [0.4, 0.5) is 5.69 Å². The molecule has 0 aliphatic heterocycles. The number of rotatable bonds is 4. The smallest absolute Gasteiger partial charge is 0.330 e. The lowest BCUT2D eigenvalue weighted by Crippen LogP contribution is -2.30. The van der Waals surface area contributed by atoms with Gasteiger partial charge in [-0.15, -0.1) is 0 Å². The summed E-state index contributed by atoms with van der Waals surface area (Å²) in [6, 6.07) is 9.92. The number of hydrogen-bond acceptors (Lipinski definition) is 5. The largest absolute Gasteiger partial charge is 0.494 e. The first-order chi connectivity index (χ1) is 12.4. The van der Waals surface area contributed by atoms with E-state index in [9.17, 15) is 14.7 Å². The number of aromatic amines is 1. The van der Waals surface area contributed by atoms with Crippen LogP contribution in [0.15, 0.2) is 44.9 Å². The summed E-state index contributed by atoms with van der Waals surface area (Å²) in [5, 5.41) is 14.5. The number of nitrogens with one attached hydrogen (secondary N) is 1. The standard InChI is InChI=1S/C18H19N5O3/c1-11-15(12(2)23(21-11)10-13-7-5-4-6-8-13)19-9-14-16(24)20-18(26)22(3)17(14)25/h4-9,25H,10H2,1-3H3,(H,20,24,26). The van der Waals surface area contributed by atoms with Crippen molar-refractivity contribution >= 4 is 11.9 Å². The number of aryl methyl sites for hydroxylation is 1. The molecule has 26 heavy (non-hydrogen) atoms. The van der Waals surface area contributed by atoms with Crippen molar-refractivity contribution in [3.05, 3.63) is 73.7 Å². The third-order valence-electron chi connectivity index (χ3n) is 4.17. The van der Waals surface area contributed by atoms with E-state index in [4.69, 9.17) is 0 Å². The van der Waals surface area contributed by atoms with Gasteiger partial charge in [0.05, 0.1) is 17.9 Å². The average Bonchev–Trinajstić information content (AvgIpc) is 2.87. The molecule has 0 radical (unpaired) electrons. The van der Waals surface area contributed by atoms with Gasteiger partial charge in [0.25, 0.3) is 5.56 Å². The quantitative estimate of drug-likeness (QED) is 0.692. The molecule has 0 saturated carbocycles. The molecule has 3 aromatic rings. The maximum absolute atomic E-state index is 11.9. The van der Waals surface area contributed by atoms with Crippen LogP contribution in [0.25, 0.3) is 0 Å². The Balaban J connectivity index is 1.97. The minimum Gasteiger partial charge on any atom is -0.494 e. The molecule has 0 fully saturated rings. The highest BCUT2D eigenvalue weighted by atomic mass is 16.3. The van der Waals surface area contributed by atoms with E-state index in [0.717, 1.165) is 15.8 Å². The molecule has 0 spiro atoms. The monoisotopic (exact) mass is 353 g/mol. The lowest BCUT2D eigenvalue weighted by atomic mass is 10.2. The fourth-order valence-electron chi connectivity index (χ4n) is 2.66. The predicted octanol–water partition coefficient (Wildman–Crippen LogP) is 1.39. The van der Waals surface area contributed by atoms with E-state index in [1.54, 1.807) is 0 Å². The molecular weight excluding hydrogens is 334 g/mol. The second kappa shape index (κ2) is 6.83. The van der Waals surface area contributed by atoms with Crippen molar-refractivity contribution < 1.29 is 5.11 Å². The van der Waals surface area contributed by atoms with E-state index in [1.807, 2.05) is 48.9 Å². The molecule has 8 nitrogen and oxygen atoms in total. The SMILES string of the molecule is Cc1nn(Cc2ccccc2)c(C)c1N=Cc1c(O)n(C)c(=O)[nH]c1=O. The van der Waals surface area contributed by atoms with Crippen LogP contribution in [0.1, 0.15) is 22.5 Å². The van der Waals surface area contributed by atoms with Gasteiger partial charge < -0.3 is 5.11 Å². The molecule has 0 atom stereocenters. The predicted molar refractivity (Wildman–Crippen MR) is 98.5 cm³/mol. The van der Waals surface area contributed by atoms with E-state index in [1.165, 1.54) is 13.3 Å². The Morgan fingerprint density at radius 2 is 1.92 bits per heavy atom. The van der Waals surface area contributed by atoms with Gasteiger partial charge in [0.1, 0.15) is 11.3 Å². The summed E-state index contributed by atoms with van der Waals surface area (Å²) in [5.41, 5.74) is 1.81. The van der Waals surface area contributed by atoms with Crippen molar-refractivity contribution in [3.8, 4) is 5.88 Å². The number of hydrogen-bond donors (Lipinski definition) is 2. The van der Waals surface area contributed by atoms with Gasteiger partial charge in [-0.2, -0.15) is 5.10 Å². The normalized spacial score (nSPS) is 11.3. The number of aliphatic imine (C=N–C) groups is 1. The molecule has 0 aliphatic rings.